The van der Waals surface area contributed by atoms with Gasteiger partial charge in [0.1, 0.15) is 5.57 Å². The fourth-order valence-corrected chi connectivity index (χ4v) is 1.66. The first-order valence-corrected chi connectivity index (χ1v) is 6.27. The van der Waals surface area contributed by atoms with Crippen molar-refractivity contribution in [2.24, 2.45) is 0 Å². The van der Waals surface area contributed by atoms with Crippen LogP contribution in [0.2, 0.25) is 0 Å². The van der Waals surface area contributed by atoms with Crippen molar-refractivity contribution in [2.45, 2.75) is 5.33 Å². The maximum absolute atomic E-state index is 11.4. The first kappa shape index (κ1) is 14.4. The highest BCUT2D eigenvalue weighted by Crippen LogP contribution is 2.13. The molecule has 1 rings (SSSR count). The second kappa shape index (κ2) is 6.96. The SMILES string of the molecule is COC(=O)C(=Cc1ccc(CBr)cc1)C(=O)OC. The summed E-state index contributed by atoms with van der Waals surface area (Å²) in [7, 11) is 2.43. The normalized spacial score (nSPS) is 9.50. The minimum absolute atomic E-state index is 0.133. The van der Waals surface area contributed by atoms with Crippen molar-refractivity contribution >= 4 is 33.9 Å². The lowest BCUT2D eigenvalue weighted by atomic mass is 10.1. The van der Waals surface area contributed by atoms with Crippen LogP contribution in [-0.4, -0.2) is 26.2 Å². The molecule has 0 unspecified atom stereocenters. The lowest BCUT2D eigenvalue weighted by molar-refractivity contribution is -0.143. The third-order valence-electron chi connectivity index (χ3n) is 2.26. The predicted octanol–water partition coefficient (Wildman–Crippen LogP) is 2.31. The number of carbonyl (C=O) groups is 2. The Kier molecular flexibility index (Phi) is 5.58. The number of halogens is 1. The molecule has 0 aliphatic rings. The van der Waals surface area contributed by atoms with Gasteiger partial charge in [-0.3, -0.25) is 0 Å². The number of carbonyl (C=O) groups excluding carboxylic acids is 2. The molecule has 0 heterocycles. The molecular weight excluding hydrogens is 300 g/mol. The summed E-state index contributed by atoms with van der Waals surface area (Å²) in [5, 5.41) is 0.748. The van der Waals surface area contributed by atoms with Gasteiger partial charge in [0, 0.05) is 5.33 Å². The number of esters is 2. The van der Waals surface area contributed by atoms with Crippen LogP contribution in [0.3, 0.4) is 0 Å². The predicted molar refractivity (Wildman–Crippen MR) is 71.1 cm³/mol. The quantitative estimate of drug-likeness (QED) is 0.281. The summed E-state index contributed by atoms with van der Waals surface area (Å²) in [4.78, 5) is 22.9. The van der Waals surface area contributed by atoms with Gasteiger partial charge in [-0.05, 0) is 17.2 Å². The number of methoxy groups -OCH3 is 2. The number of ether oxygens (including phenoxy) is 2. The Balaban J connectivity index is 3.06. The number of alkyl halides is 1. The van der Waals surface area contributed by atoms with Gasteiger partial charge in [0.25, 0.3) is 0 Å². The average molecular weight is 313 g/mol. The van der Waals surface area contributed by atoms with Gasteiger partial charge < -0.3 is 9.47 Å². The van der Waals surface area contributed by atoms with Crippen LogP contribution in [0.15, 0.2) is 29.8 Å². The minimum atomic E-state index is -0.716. The average Bonchev–Trinajstić information content (AvgIpc) is 2.43. The van der Waals surface area contributed by atoms with Crippen LogP contribution in [0.4, 0.5) is 0 Å². The van der Waals surface area contributed by atoms with Crippen LogP contribution >= 0.6 is 15.9 Å². The molecule has 0 fully saturated rings. The Bertz CT molecular complexity index is 444. The molecule has 18 heavy (non-hydrogen) atoms. The van der Waals surface area contributed by atoms with E-state index in [4.69, 9.17) is 0 Å². The van der Waals surface area contributed by atoms with Crippen molar-refractivity contribution in [3.8, 4) is 0 Å². The monoisotopic (exact) mass is 312 g/mol. The van der Waals surface area contributed by atoms with E-state index >= 15 is 0 Å². The van der Waals surface area contributed by atoms with E-state index in [1.54, 1.807) is 0 Å². The van der Waals surface area contributed by atoms with Gasteiger partial charge in [-0.25, -0.2) is 9.59 Å². The Labute approximate surface area is 114 Å². The van der Waals surface area contributed by atoms with Crippen molar-refractivity contribution in [3.05, 3.63) is 41.0 Å². The van der Waals surface area contributed by atoms with Gasteiger partial charge in [0.2, 0.25) is 0 Å². The van der Waals surface area contributed by atoms with Crippen LogP contribution in [0, 0.1) is 0 Å². The Morgan fingerprint density at radius 3 is 2.00 bits per heavy atom. The highest BCUT2D eigenvalue weighted by molar-refractivity contribution is 9.08. The molecule has 5 heteroatoms. The molecule has 0 bridgehead atoms. The molecule has 0 aliphatic heterocycles. The largest absolute Gasteiger partial charge is 0.465 e. The third kappa shape index (κ3) is 3.70. The second-order valence-corrected chi connectivity index (χ2v) is 3.98. The molecule has 1 aromatic rings. The second-order valence-electron chi connectivity index (χ2n) is 3.42. The molecule has 0 saturated heterocycles. The molecule has 0 saturated carbocycles. The first-order valence-electron chi connectivity index (χ1n) is 5.15. The van der Waals surface area contributed by atoms with Gasteiger partial charge in [0.05, 0.1) is 14.2 Å². The molecule has 0 amide bonds. The summed E-state index contributed by atoms with van der Waals surface area (Å²) in [5.41, 5.74) is 1.70. The van der Waals surface area contributed by atoms with Crippen LogP contribution in [-0.2, 0) is 24.4 Å². The van der Waals surface area contributed by atoms with E-state index < -0.39 is 11.9 Å². The molecule has 0 aliphatic carbocycles. The summed E-state index contributed by atoms with van der Waals surface area (Å²) in [6, 6.07) is 7.41. The number of rotatable bonds is 4. The molecular formula is C13H13BrO4. The summed E-state index contributed by atoms with van der Waals surface area (Å²) < 4.78 is 9.07. The van der Waals surface area contributed by atoms with Gasteiger partial charge in [-0.2, -0.15) is 0 Å². The molecule has 4 nitrogen and oxygen atoms in total. The number of benzene rings is 1. The van der Waals surface area contributed by atoms with E-state index in [9.17, 15) is 9.59 Å². The van der Waals surface area contributed by atoms with E-state index in [1.165, 1.54) is 20.3 Å². The summed E-state index contributed by atoms with van der Waals surface area (Å²) in [6.45, 7) is 0. The lowest BCUT2D eigenvalue weighted by Gasteiger charge is -2.03. The standard InChI is InChI=1S/C13H13BrO4/c1-17-12(15)11(13(16)18-2)7-9-3-5-10(8-14)6-4-9/h3-7H,8H2,1-2H3. The van der Waals surface area contributed by atoms with Crippen LogP contribution < -0.4 is 0 Å². The summed E-state index contributed by atoms with van der Waals surface area (Å²) >= 11 is 3.34. The highest BCUT2D eigenvalue weighted by Gasteiger charge is 2.19. The van der Waals surface area contributed by atoms with Crippen molar-refractivity contribution in [2.75, 3.05) is 14.2 Å². The zero-order chi connectivity index (χ0) is 13.5. The zero-order valence-corrected chi connectivity index (χ0v) is 11.7. The van der Waals surface area contributed by atoms with E-state index in [0.29, 0.717) is 0 Å². The van der Waals surface area contributed by atoms with Crippen LogP contribution in [0.5, 0.6) is 0 Å². The number of hydrogen-bond donors (Lipinski definition) is 0. The maximum Gasteiger partial charge on any atom is 0.345 e. The van der Waals surface area contributed by atoms with Crippen molar-refractivity contribution in [3.63, 3.8) is 0 Å². The van der Waals surface area contributed by atoms with E-state index in [2.05, 4.69) is 25.4 Å². The van der Waals surface area contributed by atoms with Gasteiger partial charge in [-0.15, -0.1) is 0 Å². The molecule has 0 spiro atoms. The van der Waals surface area contributed by atoms with Crippen molar-refractivity contribution < 1.29 is 19.1 Å². The Morgan fingerprint density at radius 1 is 1.11 bits per heavy atom. The zero-order valence-electron chi connectivity index (χ0n) is 10.1. The molecule has 0 N–H and O–H groups in total. The van der Waals surface area contributed by atoms with Gasteiger partial charge in [0.15, 0.2) is 0 Å². The topological polar surface area (TPSA) is 52.6 Å². The molecule has 0 radical (unpaired) electrons. The maximum atomic E-state index is 11.4. The minimum Gasteiger partial charge on any atom is -0.465 e. The molecule has 1 aromatic carbocycles. The van der Waals surface area contributed by atoms with Crippen molar-refractivity contribution in [1.82, 2.24) is 0 Å². The van der Waals surface area contributed by atoms with Crippen molar-refractivity contribution in [1.29, 1.82) is 0 Å². The molecule has 0 aromatic heterocycles. The van der Waals surface area contributed by atoms with Crippen LogP contribution in [0.1, 0.15) is 11.1 Å². The highest BCUT2D eigenvalue weighted by atomic mass is 79.9. The first-order chi connectivity index (χ1) is 8.62. The molecule has 0 atom stereocenters. The summed E-state index contributed by atoms with van der Waals surface area (Å²) in [5.74, 6) is -1.43. The van der Waals surface area contributed by atoms with Gasteiger partial charge in [-0.1, -0.05) is 40.2 Å². The third-order valence-corrected chi connectivity index (χ3v) is 2.90. The molecule has 96 valence electrons. The van der Waals surface area contributed by atoms with Gasteiger partial charge >= 0.3 is 11.9 Å². The smallest absolute Gasteiger partial charge is 0.345 e. The Morgan fingerprint density at radius 2 is 1.61 bits per heavy atom. The number of hydrogen-bond acceptors (Lipinski definition) is 4. The fourth-order valence-electron chi connectivity index (χ4n) is 1.29. The lowest BCUT2D eigenvalue weighted by Crippen LogP contribution is -2.15. The Hall–Kier alpha value is -1.62. The van der Waals surface area contributed by atoms with Crippen LogP contribution in [0.25, 0.3) is 6.08 Å². The van der Waals surface area contributed by atoms with E-state index in [-0.39, 0.29) is 5.57 Å². The van der Waals surface area contributed by atoms with E-state index in [1.807, 2.05) is 24.3 Å². The summed E-state index contributed by atoms with van der Waals surface area (Å²) in [6.07, 6.45) is 1.44. The van der Waals surface area contributed by atoms with E-state index in [0.717, 1.165) is 16.5 Å². The fraction of sp³-hybridized carbons (Fsp3) is 0.231.